The van der Waals surface area contributed by atoms with Crippen LogP contribution in [0.1, 0.15) is 38.7 Å². The summed E-state index contributed by atoms with van der Waals surface area (Å²) >= 11 is 0. The molecule has 2 N–H and O–H groups in total. The Hall–Kier alpha value is -1.39. The van der Waals surface area contributed by atoms with Crippen molar-refractivity contribution in [2.75, 3.05) is 0 Å². The first-order chi connectivity index (χ1) is 10.0. The summed E-state index contributed by atoms with van der Waals surface area (Å²) in [5, 5.41) is 12.5. The quantitative estimate of drug-likeness (QED) is 0.811. The summed E-state index contributed by atoms with van der Waals surface area (Å²) in [5.41, 5.74) is 1.24. The summed E-state index contributed by atoms with van der Waals surface area (Å²) in [6.45, 7) is 4.17. The minimum Gasteiger partial charge on any atom is -0.481 e. The molecule has 1 saturated heterocycles. The van der Waals surface area contributed by atoms with Crippen LogP contribution in [0.15, 0.2) is 30.3 Å². The number of aliphatic carboxylic acids is 1. The average Bonchev–Trinajstić information content (AvgIpc) is 2.75. The van der Waals surface area contributed by atoms with Crippen LogP contribution in [0, 0.1) is 0 Å². The molecule has 116 valence electrons. The third-order valence-corrected chi connectivity index (χ3v) is 4.08. The van der Waals surface area contributed by atoms with Crippen LogP contribution in [-0.4, -0.2) is 35.4 Å². The van der Waals surface area contributed by atoms with Crippen molar-refractivity contribution in [3.63, 3.8) is 0 Å². The van der Waals surface area contributed by atoms with Gasteiger partial charge in [0.2, 0.25) is 0 Å². The van der Waals surface area contributed by atoms with Crippen molar-refractivity contribution in [2.45, 2.75) is 63.8 Å². The molecule has 21 heavy (non-hydrogen) atoms. The number of rotatable bonds is 7. The van der Waals surface area contributed by atoms with Crippen LogP contribution in [0.5, 0.6) is 0 Å². The Morgan fingerprint density at radius 3 is 2.67 bits per heavy atom. The van der Waals surface area contributed by atoms with Gasteiger partial charge in [0.25, 0.3) is 0 Å². The molecular weight excluding hydrogens is 266 g/mol. The van der Waals surface area contributed by atoms with Gasteiger partial charge in [-0.05, 0) is 38.7 Å². The largest absolute Gasteiger partial charge is 0.481 e. The molecule has 0 spiro atoms. The zero-order chi connectivity index (χ0) is 15.2. The Kier molecular flexibility index (Phi) is 5.76. The van der Waals surface area contributed by atoms with E-state index < -0.39 is 5.97 Å². The maximum atomic E-state index is 10.9. The Morgan fingerprint density at radius 2 is 2.10 bits per heavy atom. The van der Waals surface area contributed by atoms with Crippen LogP contribution in [0.3, 0.4) is 0 Å². The van der Waals surface area contributed by atoms with Gasteiger partial charge in [0, 0.05) is 18.5 Å². The molecule has 0 bridgehead atoms. The summed E-state index contributed by atoms with van der Waals surface area (Å²) in [7, 11) is 0. The molecule has 1 aromatic carbocycles. The maximum Gasteiger partial charge on any atom is 0.303 e. The minimum atomic E-state index is -0.737. The summed E-state index contributed by atoms with van der Waals surface area (Å²) in [5.74, 6) is -0.737. The predicted molar refractivity (Wildman–Crippen MR) is 82.4 cm³/mol. The molecule has 1 aliphatic heterocycles. The zero-order valence-electron chi connectivity index (χ0n) is 12.8. The van der Waals surface area contributed by atoms with Gasteiger partial charge in [0.1, 0.15) is 0 Å². The van der Waals surface area contributed by atoms with E-state index in [1.165, 1.54) is 5.56 Å². The fourth-order valence-electron chi connectivity index (χ4n) is 3.01. The zero-order valence-corrected chi connectivity index (χ0v) is 12.8. The number of nitrogens with one attached hydrogen (secondary N) is 1. The average molecular weight is 291 g/mol. The topological polar surface area (TPSA) is 58.6 Å². The molecule has 1 heterocycles. The highest BCUT2D eigenvalue weighted by Crippen LogP contribution is 2.21. The number of carbonyl (C=O) groups is 1. The van der Waals surface area contributed by atoms with Crippen LogP contribution in [0.2, 0.25) is 0 Å². The Bertz CT molecular complexity index is 449. The highest BCUT2D eigenvalue weighted by Gasteiger charge is 2.31. The third kappa shape index (κ3) is 5.14. The first-order valence-corrected chi connectivity index (χ1v) is 7.72. The van der Waals surface area contributed by atoms with Crippen LogP contribution in [0.4, 0.5) is 0 Å². The lowest BCUT2D eigenvalue weighted by Gasteiger charge is -2.24. The molecule has 4 nitrogen and oxygen atoms in total. The van der Waals surface area contributed by atoms with Crippen molar-refractivity contribution in [1.29, 1.82) is 0 Å². The summed E-state index contributed by atoms with van der Waals surface area (Å²) in [6, 6.07) is 10.7. The molecule has 0 radical (unpaired) electrons. The normalized spacial score (nSPS) is 26.7. The maximum absolute atomic E-state index is 10.9. The van der Waals surface area contributed by atoms with Crippen molar-refractivity contribution in [2.24, 2.45) is 0 Å². The molecular formula is C17H25NO3. The third-order valence-electron chi connectivity index (χ3n) is 4.08. The van der Waals surface area contributed by atoms with E-state index in [0.29, 0.717) is 12.5 Å². The standard InChI is InChI=1S/C17H25NO3/c1-12-10-16(13(2)21-12)18-15(8-9-17(19)20)11-14-6-4-3-5-7-14/h3-7,12-13,15-16,18H,8-11H2,1-2H3,(H,19,20). The highest BCUT2D eigenvalue weighted by atomic mass is 16.5. The summed E-state index contributed by atoms with van der Waals surface area (Å²) in [4.78, 5) is 10.9. The number of hydrogen-bond acceptors (Lipinski definition) is 3. The van der Waals surface area contributed by atoms with E-state index in [9.17, 15) is 4.79 Å². The number of ether oxygens (including phenoxy) is 1. The SMILES string of the molecule is CC1CC(NC(CCC(=O)O)Cc2ccccc2)C(C)O1. The Morgan fingerprint density at radius 1 is 1.38 bits per heavy atom. The lowest BCUT2D eigenvalue weighted by molar-refractivity contribution is -0.137. The Balaban J connectivity index is 1.96. The van der Waals surface area contributed by atoms with E-state index in [1.807, 2.05) is 18.2 Å². The molecule has 0 aliphatic carbocycles. The van der Waals surface area contributed by atoms with Crippen LogP contribution in [-0.2, 0) is 16.0 Å². The van der Waals surface area contributed by atoms with Crippen molar-refractivity contribution >= 4 is 5.97 Å². The second kappa shape index (κ2) is 7.57. The van der Waals surface area contributed by atoms with Gasteiger partial charge < -0.3 is 15.2 Å². The smallest absolute Gasteiger partial charge is 0.303 e. The molecule has 1 fully saturated rings. The second-order valence-corrected chi connectivity index (χ2v) is 5.98. The lowest BCUT2D eigenvalue weighted by Crippen LogP contribution is -2.43. The van der Waals surface area contributed by atoms with Crippen LogP contribution >= 0.6 is 0 Å². The Labute approximate surface area is 126 Å². The first-order valence-electron chi connectivity index (χ1n) is 7.72. The molecule has 4 unspecified atom stereocenters. The molecule has 0 amide bonds. The van der Waals surface area contributed by atoms with E-state index in [2.05, 4.69) is 31.3 Å². The summed E-state index contributed by atoms with van der Waals surface area (Å²) < 4.78 is 5.77. The van der Waals surface area contributed by atoms with Gasteiger partial charge in [0.15, 0.2) is 0 Å². The van der Waals surface area contributed by atoms with E-state index in [0.717, 1.165) is 12.8 Å². The minimum absolute atomic E-state index is 0.171. The monoisotopic (exact) mass is 291 g/mol. The van der Waals surface area contributed by atoms with Gasteiger partial charge in [-0.1, -0.05) is 30.3 Å². The van der Waals surface area contributed by atoms with Crippen molar-refractivity contribution < 1.29 is 14.6 Å². The molecule has 1 aromatic rings. The lowest BCUT2D eigenvalue weighted by atomic mass is 9.99. The number of benzene rings is 1. The fourth-order valence-corrected chi connectivity index (χ4v) is 3.01. The first kappa shape index (κ1) is 16.0. The number of hydrogen-bond donors (Lipinski definition) is 2. The van der Waals surface area contributed by atoms with Gasteiger partial charge in [0.05, 0.1) is 12.2 Å². The van der Waals surface area contributed by atoms with Crippen molar-refractivity contribution in [3.05, 3.63) is 35.9 Å². The van der Waals surface area contributed by atoms with Gasteiger partial charge in [-0.2, -0.15) is 0 Å². The van der Waals surface area contributed by atoms with Gasteiger partial charge in [-0.25, -0.2) is 0 Å². The molecule has 4 atom stereocenters. The molecule has 2 rings (SSSR count). The van der Waals surface area contributed by atoms with E-state index in [4.69, 9.17) is 9.84 Å². The molecule has 1 aliphatic rings. The van der Waals surface area contributed by atoms with Crippen molar-refractivity contribution in [1.82, 2.24) is 5.32 Å². The molecule has 0 aromatic heterocycles. The van der Waals surface area contributed by atoms with E-state index >= 15 is 0 Å². The van der Waals surface area contributed by atoms with Crippen LogP contribution < -0.4 is 5.32 Å². The molecule has 0 saturated carbocycles. The van der Waals surface area contributed by atoms with Gasteiger partial charge in [-0.15, -0.1) is 0 Å². The number of carboxylic acids is 1. The second-order valence-electron chi connectivity index (χ2n) is 5.98. The molecule has 4 heteroatoms. The fraction of sp³-hybridized carbons (Fsp3) is 0.588. The summed E-state index contributed by atoms with van der Waals surface area (Å²) in [6.07, 6.45) is 3.13. The number of carboxylic acid groups (broad SMARTS) is 1. The highest BCUT2D eigenvalue weighted by molar-refractivity contribution is 5.66. The van der Waals surface area contributed by atoms with Gasteiger partial charge in [-0.3, -0.25) is 4.79 Å². The predicted octanol–water partition coefficient (Wildman–Crippen LogP) is 2.62. The van der Waals surface area contributed by atoms with Crippen molar-refractivity contribution in [3.8, 4) is 0 Å². The van der Waals surface area contributed by atoms with E-state index in [1.54, 1.807) is 0 Å². The van der Waals surface area contributed by atoms with Crippen LogP contribution in [0.25, 0.3) is 0 Å². The van der Waals surface area contributed by atoms with E-state index in [-0.39, 0.29) is 24.7 Å². The van der Waals surface area contributed by atoms with Gasteiger partial charge >= 0.3 is 5.97 Å².